The maximum absolute atomic E-state index is 14.2. The summed E-state index contributed by atoms with van der Waals surface area (Å²) in [6.07, 6.45) is 0.728. The smallest absolute Gasteiger partial charge is 0.207 e. The standard InChI is InChI=1S/C14H18ClF2NO2S/c1-9-5-6-18(8-10(9)2)21(19,20)13-4-3-12(16)11(7-15)14(13)17/h3-4,9-10H,5-8H2,1-2H3. The Hall–Kier alpha value is -0.720. The van der Waals surface area contributed by atoms with Crippen molar-refractivity contribution in [3.05, 3.63) is 29.3 Å². The van der Waals surface area contributed by atoms with Gasteiger partial charge in [-0.3, -0.25) is 0 Å². The van der Waals surface area contributed by atoms with Crippen LogP contribution in [0.4, 0.5) is 8.78 Å². The predicted octanol–water partition coefficient (Wildman–Crippen LogP) is 3.37. The van der Waals surface area contributed by atoms with Crippen LogP contribution in [0.25, 0.3) is 0 Å². The molecule has 1 aliphatic heterocycles. The summed E-state index contributed by atoms with van der Waals surface area (Å²) < 4.78 is 54.1. The highest BCUT2D eigenvalue weighted by Crippen LogP contribution is 2.30. The molecule has 2 rings (SSSR count). The lowest BCUT2D eigenvalue weighted by molar-refractivity contribution is 0.212. The molecule has 1 saturated heterocycles. The first-order valence-corrected chi connectivity index (χ1v) is 8.79. The van der Waals surface area contributed by atoms with Gasteiger partial charge in [0.05, 0.1) is 5.88 Å². The molecule has 2 atom stereocenters. The second-order valence-corrected chi connectivity index (χ2v) is 7.75. The van der Waals surface area contributed by atoms with E-state index in [0.717, 1.165) is 18.6 Å². The van der Waals surface area contributed by atoms with Gasteiger partial charge in [-0.25, -0.2) is 17.2 Å². The molecule has 7 heteroatoms. The molecule has 0 aromatic heterocycles. The normalized spacial score (nSPS) is 24.2. The van der Waals surface area contributed by atoms with Crippen LogP contribution in [0.3, 0.4) is 0 Å². The van der Waals surface area contributed by atoms with Crippen LogP contribution in [0.1, 0.15) is 25.8 Å². The number of alkyl halides is 1. The number of benzene rings is 1. The molecule has 2 unspecified atom stereocenters. The average Bonchev–Trinajstić information content (AvgIpc) is 2.42. The summed E-state index contributed by atoms with van der Waals surface area (Å²) in [5.74, 6) is -1.70. The molecule has 0 amide bonds. The Morgan fingerprint density at radius 3 is 2.52 bits per heavy atom. The fourth-order valence-corrected chi connectivity index (χ4v) is 4.37. The first-order chi connectivity index (χ1) is 9.78. The minimum absolute atomic E-state index is 0.199. The van der Waals surface area contributed by atoms with E-state index in [2.05, 4.69) is 6.92 Å². The Balaban J connectivity index is 2.41. The highest BCUT2D eigenvalue weighted by molar-refractivity contribution is 7.89. The third-order valence-electron chi connectivity index (χ3n) is 4.20. The second-order valence-electron chi connectivity index (χ2n) is 5.58. The number of hydrogen-bond donors (Lipinski definition) is 0. The molecule has 1 aliphatic rings. The zero-order chi connectivity index (χ0) is 15.8. The SMILES string of the molecule is CC1CCN(S(=O)(=O)c2ccc(F)c(CCl)c2F)CC1C. The average molecular weight is 338 g/mol. The Bertz CT molecular complexity index is 636. The zero-order valence-corrected chi connectivity index (χ0v) is 13.5. The lowest BCUT2D eigenvalue weighted by atomic mass is 9.90. The van der Waals surface area contributed by atoms with Crippen LogP contribution in [0.15, 0.2) is 17.0 Å². The maximum atomic E-state index is 14.2. The van der Waals surface area contributed by atoms with Gasteiger partial charge in [-0.1, -0.05) is 13.8 Å². The molecule has 3 nitrogen and oxygen atoms in total. The van der Waals surface area contributed by atoms with E-state index in [1.165, 1.54) is 4.31 Å². The molecule has 118 valence electrons. The number of nitrogens with zero attached hydrogens (tertiary/aromatic N) is 1. The van der Waals surface area contributed by atoms with E-state index in [1.54, 1.807) is 0 Å². The van der Waals surface area contributed by atoms with E-state index < -0.39 is 38.0 Å². The van der Waals surface area contributed by atoms with Gasteiger partial charge in [0.2, 0.25) is 10.0 Å². The van der Waals surface area contributed by atoms with E-state index in [1.807, 2.05) is 6.92 Å². The Kier molecular flexibility index (Phi) is 4.90. The number of piperidine rings is 1. The third kappa shape index (κ3) is 3.07. The van der Waals surface area contributed by atoms with Crippen LogP contribution in [0, 0.1) is 23.5 Å². The summed E-state index contributed by atoms with van der Waals surface area (Å²) in [6.45, 7) is 4.73. The second kappa shape index (κ2) is 6.18. The summed E-state index contributed by atoms with van der Waals surface area (Å²) in [6, 6.07) is 1.92. The van der Waals surface area contributed by atoms with Gasteiger partial charge in [-0.15, -0.1) is 11.6 Å². The predicted molar refractivity (Wildman–Crippen MR) is 77.6 cm³/mol. The summed E-state index contributed by atoms with van der Waals surface area (Å²) in [5, 5.41) is 0. The monoisotopic (exact) mass is 337 g/mol. The molecule has 1 aromatic rings. The topological polar surface area (TPSA) is 37.4 Å². The number of rotatable bonds is 3. The third-order valence-corrected chi connectivity index (χ3v) is 6.35. The molecule has 0 aliphatic carbocycles. The van der Waals surface area contributed by atoms with Crippen molar-refractivity contribution < 1.29 is 17.2 Å². The van der Waals surface area contributed by atoms with Gasteiger partial charge in [0.15, 0.2) is 5.82 Å². The van der Waals surface area contributed by atoms with Gasteiger partial charge in [0.1, 0.15) is 10.7 Å². The van der Waals surface area contributed by atoms with Gasteiger partial charge in [-0.05, 0) is 30.4 Å². The van der Waals surface area contributed by atoms with E-state index in [4.69, 9.17) is 11.6 Å². The fraction of sp³-hybridized carbons (Fsp3) is 0.571. The van der Waals surface area contributed by atoms with Crippen LogP contribution in [-0.4, -0.2) is 25.8 Å². The summed E-state index contributed by atoms with van der Waals surface area (Å²) >= 11 is 5.50. The van der Waals surface area contributed by atoms with Crippen LogP contribution in [-0.2, 0) is 15.9 Å². The molecular formula is C14H18ClF2NO2S. The minimum atomic E-state index is -3.97. The molecule has 21 heavy (non-hydrogen) atoms. The van der Waals surface area contributed by atoms with Crippen LogP contribution in [0.5, 0.6) is 0 Å². The molecule has 0 radical (unpaired) electrons. The van der Waals surface area contributed by atoms with Crippen molar-refractivity contribution in [2.24, 2.45) is 11.8 Å². The zero-order valence-electron chi connectivity index (χ0n) is 11.9. The molecular weight excluding hydrogens is 320 g/mol. The highest BCUT2D eigenvalue weighted by Gasteiger charge is 2.34. The van der Waals surface area contributed by atoms with Crippen LogP contribution < -0.4 is 0 Å². The molecule has 0 N–H and O–H groups in total. The Morgan fingerprint density at radius 2 is 1.95 bits per heavy atom. The van der Waals surface area contributed by atoms with Crippen molar-refractivity contribution in [2.75, 3.05) is 13.1 Å². The molecule has 1 fully saturated rings. The van der Waals surface area contributed by atoms with Crippen molar-refractivity contribution in [3.8, 4) is 0 Å². The minimum Gasteiger partial charge on any atom is -0.207 e. The molecule has 1 aromatic carbocycles. The van der Waals surface area contributed by atoms with E-state index in [9.17, 15) is 17.2 Å². The summed E-state index contributed by atoms with van der Waals surface area (Å²) in [7, 11) is -3.97. The first kappa shape index (κ1) is 16.6. The van der Waals surface area contributed by atoms with Gasteiger partial charge in [-0.2, -0.15) is 4.31 Å². The van der Waals surface area contributed by atoms with Crippen LogP contribution >= 0.6 is 11.6 Å². The largest absolute Gasteiger partial charge is 0.246 e. The highest BCUT2D eigenvalue weighted by atomic mass is 35.5. The summed E-state index contributed by atoms with van der Waals surface area (Å²) in [4.78, 5) is -0.499. The first-order valence-electron chi connectivity index (χ1n) is 6.82. The van der Waals surface area contributed by atoms with E-state index in [0.29, 0.717) is 19.0 Å². The van der Waals surface area contributed by atoms with Crippen molar-refractivity contribution in [3.63, 3.8) is 0 Å². The van der Waals surface area contributed by atoms with E-state index >= 15 is 0 Å². The van der Waals surface area contributed by atoms with Crippen molar-refractivity contribution in [1.82, 2.24) is 4.31 Å². The van der Waals surface area contributed by atoms with E-state index in [-0.39, 0.29) is 5.92 Å². The molecule has 0 saturated carbocycles. The van der Waals surface area contributed by atoms with Crippen molar-refractivity contribution in [2.45, 2.75) is 31.0 Å². The fourth-order valence-electron chi connectivity index (χ4n) is 2.48. The van der Waals surface area contributed by atoms with Gasteiger partial charge in [0, 0.05) is 18.7 Å². The number of sulfonamides is 1. The number of hydrogen-bond acceptors (Lipinski definition) is 2. The Labute approximate surface area is 129 Å². The lowest BCUT2D eigenvalue weighted by Crippen LogP contribution is -2.42. The maximum Gasteiger partial charge on any atom is 0.246 e. The Morgan fingerprint density at radius 1 is 1.29 bits per heavy atom. The number of halogens is 3. The van der Waals surface area contributed by atoms with Crippen LogP contribution in [0.2, 0.25) is 0 Å². The van der Waals surface area contributed by atoms with Crippen molar-refractivity contribution in [1.29, 1.82) is 0 Å². The van der Waals surface area contributed by atoms with Gasteiger partial charge >= 0.3 is 0 Å². The van der Waals surface area contributed by atoms with Crippen molar-refractivity contribution >= 4 is 21.6 Å². The molecule has 0 bridgehead atoms. The molecule has 1 heterocycles. The molecule has 0 spiro atoms. The van der Waals surface area contributed by atoms with Gasteiger partial charge < -0.3 is 0 Å². The lowest BCUT2D eigenvalue weighted by Gasteiger charge is -2.34. The van der Waals surface area contributed by atoms with Gasteiger partial charge in [0.25, 0.3) is 0 Å². The summed E-state index contributed by atoms with van der Waals surface area (Å²) in [5.41, 5.74) is -0.406. The quantitative estimate of drug-likeness (QED) is 0.793.